The van der Waals surface area contributed by atoms with E-state index in [-0.39, 0.29) is 0 Å². The predicted molar refractivity (Wildman–Crippen MR) is 69.5 cm³/mol. The SMILES string of the molecule is Cc1nc2scc(C)n2c1CNCc1ncn[nH]1. The van der Waals surface area contributed by atoms with Crippen molar-refractivity contribution in [1.82, 2.24) is 29.9 Å². The predicted octanol–water partition coefficient (Wildman–Crippen LogP) is 1.42. The Balaban J connectivity index is 1.77. The Labute approximate surface area is 108 Å². The van der Waals surface area contributed by atoms with Crippen LogP contribution >= 0.6 is 11.3 Å². The zero-order valence-corrected chi connectivity index (χ0v) is 11.1. The number of H-pyrrole nitrogens is 1. The summed E-state index contributed by atoms with van der Waals surface area (Å²) in [4.78, 5) is 9.69. The van der Waals surface area contributed by atoms with Crippen LogP contribution < -0.4 is 5.32 Å². The summed E-state index contributed by atoms with van der Waals surface area (Å²) >= 11 is 1.68. The molecule has 2 N–H and O–H groups in total. The van der Waals surface area contributed by atoms with Crippen LogP contribution in [0.25, 0.3) is 4.96 Å². The van der Waals surface area contributed by atoms with Gasteiger partial charge in [0.15, 0.2) is 4.96 Å². The number of aromatic nitrogens is 5. The fourth-order valence-corrected chi connectivity index (χ4v) is 2.92. The first kappa shape index (κ1) is 11.4. The van der Waals surface area contributed by atoms with Gasteiger partial charge in [0.2, 0.25) is 0 Å². The zero-order valence-electron chi connectivity index (χ0n) is 10.3. The molecule has 0 aliphatic carbocycles. The number of aromatic amines is 1. The normalized spacial score (nSPS) is 11.4. The van der Waals surface area contributed by atoms with E-state index in [4.69, 9.17) is 0 Å². The third kappa shape index (κ3) is 1.91. The monoisotopic (exact) mass is 262 g/mol. The molecule has 94 valence electrons. The van der Waals surface area contributed by atoms with Crippen LogP contribution in [0.1, 0.15) is 22.9 Å². The summed E-state index contributed by atoms with van der Waals surface area (Å²) in [5.41, 5.74) is 3.52. The minimum absolute atomic E-state index is 0.676. The smallest absolute Gasteiger partial charge is 0.194 e. The molecule has 0 aromatic carbocycles. The molecule has 0 atom stereocenters. The molecule has 3 aromatic heterocycles. The first-order valence-corrected chi connectivity index (χ1v) is 6.60. The van der Waals surface area contributed by atoms with Crippen molar-refractivity contribution >= 4 is 16.3 Å². The van der Waals surface area contributed by atoms with Crippen molar-refractivity contribution in [1.29, 1.82) is 0 Å². The molecule has 0 bridgehead atoms. The van der Waals surface area contributed by atoms with Gasteiger partial charge >= 0.3 is 0 Å². The summed E-state index contributed by atoms with van der Waals surface area (Å²) in [6.07, 6.45) is 1.52. The molecule has 18 heavy (non-hydrogen) atoms. The molecule has 0 aliphatic rings. The topological polar surface area (TPSA) is 70.9 Å². The maximum atomic E-state index is 4.56. The van der Waals surface area contributed by atoms with Gasteiger partial charge in [-0.1, -0.05) is 0 Å². The molecule has 0 aliphatic heterocycles. The number of nitrogens with zero attached hydrogens (tertiary/aromatic N) is 4. The second-order valence-electron chi connectivity index (χ2n) is 4.17. The molecular formula is C11H14N6S. The van der Waals surface area contributed by atoms with E-state index in [0.717, 1.165) is 23.0 Å². The number of rotatable bonds is 4. The van der Waals surface area contributed by atoms with Gasteiger partial charge in [-0.25, -0.2) is 9.97 Å². The van der Waals surface area contributed by atoms with Crippen LogP contribution in [0.3, 0.4) is 0 Å². The molecule has 0 fully saturated rings. The molecular weight excluding hydrogens is 248 g/mol. The van der Waals surface area contributed by atoms with Crippen molar-refractivity contribution in [2.75, 3.05) is 0 Å². The highest BCUT2D eigenvalue weighted by molar-refractivity contribution is 7.15. The van der Waals surface area contributed by atoms with Crippen molar-refractivity contribution in [2.24, 2.45) is 0 Å². The molecule has 3 heterocycles. The van der Waals surface area contributed by atoms with Crippen LogP contribution in [0.2, 0.25) is 0 Å². The lowest BCUT2D eigenvalue weighted by molar-refractivity contribution is 0.647. The first-order valence-electron chi connectivity index (χ1n) is 5.72. The van der Waals surface area contributed by atoms with E-state index in [0.29, 0.717) is 6.54 Å². The Kier molecular flexibility index (Phi) is 2.85. The van der Waals surface area contributed by atoms with E-state index in [1.807, 2.05) is 6.92 Å². The third-order valence-electron chi connectivity index (χ3n) is 2.88. The number of fused-ring (bicyclic) bond motifs is 1. The van der Waals surface area contributed by atoms with Crippen molar-refractivity contribution in [3.05, 3.63) is 34.6 Å². The lowest BCUT2D eigenvalue weighted by Crippen LogP contribution is -2.16. The molecule has 0 amide bonds. The summed E-state index contributed by atoms with van der Waals surface area (Å²) in [6.45, 7) is 5.59. The van der Waals surface area contributed by atoms with E-state index in [2.05, 4.69) is 42.2 Å². The minimum atomic E-state index is 0.676. The molecule has 3 aromatic rings. The summed E-state index contributed by atoms with van der Waals surface area (Å²) in [5.74, 6) is 0.843. The molecule has 3 rings (SSSR count). The van der Waals surface area contributed by atoms with Crippen LogP contribution in [-0.2, 0) is 13.1 Å². The van der Waals surface area contributed by atoms with Gasteiger partial charge in [0.1, 0.15) is 12.2 Å². The van der Waals surface area contributed by atoms with E-state index < -0.39 is 0 Å². The zero-order chi connectivity index (χ0) is 12.5. The van der Waals surface area contributed by atoms with Gasteiger partial charge in [-0.15, -0.1) is 11.3 Å². The van der Waals surface area contributed by atoms with Crippen molar-refractivity contribution in [2.45, 2.75) is 26.9 Å². The maximum absolute atomic E-state index is 4.56. The fraction of sp³-hybridized carbons (Fsp3) is 0.364. The lowest BCUT2D eigenvalue weighted by atomic mass is 10.3. The number of nitrogens with one attached hydrogen (secondary N) is 2. The van der Waals surface area contributed by atoms with E-state index in [1.54, 1.807) is 11.3 Å². The largest absolute Gasteiger partial charge is 0.304 e. The highest BCUT2D eigenvalue weighted by atomic mass is 32.1. The summed E-state index contributed by atoms with van der Waals surface area (Å²) in [7, 11) is 0. The van der Waals surface area contributed by atoms with E-state index in [9.17, 15) is 0 Å². The van der Waals surface area contributed by atoms with Crippen LogP contribution in [0.4, 0.5) is 0 Å². The van der Waals surface area contributed by atoms with Gasteiger partial charge < -0.3 is 5.32 Å². The Hall–Kier alpha value is -1.73. The Bertz CT molecular complexity index is 650. The Morgan fingerprint density at radius 2 is 2.28 bits per heavy atom. The summed E-state index contributed by atoms with van der Waals surface area (Å²) in [6, 6.07) is 0. The van der Waals surface area contributed by atoms with Gasteiger partial charge in [-0.3, -0.25) is 9.50 Å². The average Bonchev–Trinajstić information content (AvgIpc) is 3.02. The summed E-state index contributed by atoms with van der Waals surface area (Å²) in [5, 5.41) is 12.1. The van der Waals surface area contributed by atoms with Gasteiger partial charge in [0, 0.05) is 17.6 Å². The van der Waals surface area contributed by atoms with Crippen LogP contribution in [0, 0.1) is 13.8 Å². The summed E-state index contributed by atoms with van der Waals surface area (Å²) < 4.78 is 2.20. The quantitative estimate of drug-likeness (QED) is 0.746. The Morgan fingerprint density at radius 3 is 3.06 bits per heavy atom. The van der Waals surface area contributed by atoms with E-state index >= 15 is 0 Å². The van der Waals surface area contributed by atoms with Crippen LogP contribution in [0.15, 0.2) is 11.7 Å². The molecule has 0 saturated heterocycles. The molecule has 0 radical (unpaired) electrons. The minimum Gasteiger partial charge on any atom is -0.304 e. The first-order chi connectivity index (χ1) is 8.75. The van der Waals surface area contributed by atoms with Crippen LogP contribution in [-0.4, -0.2) is 24.6 Å². The second-order valence-corrected chi connectivity index (χ2v) is 5.01. The van der Waals surface area contributed by atoms with Crippen LogP contribution in [0.5, 0.6) is 0 Å². The molecule has 0 spiro atoms. The highest BCUT2D eigenvalue weighted by Gasteiger charge is 2.11. The molecule has 0 saturated carbocycles. The second kappa shape index (κ2) is 4.51. The number of imidazole rings is 1. The van der Waals surface area contributed by atoms with Gasteiger partial charge in [0.25, 0.3) is 0 Å². The molecule has 0 unspecified atom stereocenters. The number of thiazole rings is 1. The van der Waals surface area contributed by atoms with Gasteiger partial charge in [-0.05, 0) is 13.8 Å². The van der Waals surface area contributed by atoms with Gasteiger partial charge in [-0.2, -0.15) is 5.10 Å². The lowest BCUT2D eigenvalue weighted by Gasteiger charge is -2.04. The third-order valence-corrected chi connectivity index (χ3v) is 3.82. The van der Waals surface area contributed by atoms with E-state index in [1.165, 1.54) is 17.7 Å². The van der Waals surface area contributed by atoms with Crippen molar-refractivity contribution < 1.29 is 0 Å². The maximum Gasteiger partial charge on any atom is 0.194 e. The standard InChI is InChI=1S/C11H14N6S/c1-7-5-18-11-15-8(2)9(17(7)11)3-12-4-10-13-6-14-16-10/h5-6,12H,3-4H2,1-2H3,(H,13,14,16). The number of hydrogen-bond donors (Lipinski definition) is 2. The average molecular weight is 262 g/mol. The van der Waals surface area contributed by atoms with Crippen molar-refractivity contribution in [3.63, 3.8) is 0 Å². The number of aryl methyl sites for hydroxylation is 2. The number of hydrogen-bond acceptors (Lipinski definition) is 5. The Morgan fingerprint density at radius 1 is 1.39 bits per heavy atom. The van der Waals surface area contributed by atoms with Crippen molar-refractivity contribution in [3.8, 4) is 0 Å². The van der Waals surface area contributed by atoms with Gasteiger partial charge in [0.05, 0.1) is 17.9 Å². The fourth-order valence-electron chi connectivity index (χ4n) is 1.99. The highest BCUT2D eigenvalue weighted by Crippen LogP contribution is 2.20. The molecule has 6 nitrogen and oxygen atoms in total. The molecule has 7 heteroatoms.